The third kappa shape index (κ3) is 5.61. The fourth-order valence-corrected chi connectivity index (χ4v) is 4.88. The zero-order chi connectivity index (χ0) is 24.1. The minimum atomic E-state index is -0.139. The van der Waals surface area contributed by atoms with Gasteiger partial charge in [0.1, 0.15) is 5.82 Å². The molecule has 0 atom stereocenters. The summed E-state index contributed by atoms with van der Waals surface area (Å²) in [5.74, 6) is 0.719. The lowest BCUT2D eigenvalue weighted by molar-refractivity contribution is 0.0966. The number of carbonyl (C=O) groups excluding carboxylic acids is 1. The van der Waals surface area contributed by atoms with E-state index in [1.54, 1.807) is 23.6 Å². The van der Waals surface area contributed by atoms with Gasteiger partial charge in [-0.15, -0.1) is 11.3 Å². The molecular formula is C27H31N5OS. The Labute approximate surface area is 205 Å². The number of anilines is 1. The monoisotopic (exact) mass is 473 g/mol. The smallest absolute Gasteiger partial charge is 0.255 e. The first-order valence-corrected chi connectivity index (χ1v) is 12.3. The van der Waals surface area contributed by atoms with E-state index in [-0.39, 0.29) is 5.91 Å². The zero-order valence-corrected chi connectivity index (χ0v) is 20.8. The highest BCUT2D eigenvalue weighted by Crippen LogP contribution is 2.27. The molecule has 1 fully saturated rings. The summed E-state index contributed by atoms with van der Waals surface area (Å²) in [6.45, 7) is 7.72. The highest BCUT2D eigenvalue weighted by atomic mass is 32.1. The third-order valence-corrected chi connectivity index (χ3v) is 7.05. The van der Waals surface area contributed by atoms with Gasteiger partial charge in [-0.25, -0.2) is 4.98 Å². The summed E-state index contributed by atoms with van der Waals surface area (Å²) in [7, 11) is 4.26. The summed E-state index contributed by atoms with van der Waals surface area (Å²) < 4.78 is 0. The van der Waals surface area contributed by atoms with E-state index in [4.69, 9.17) is 0 Å². The number of piperidine rings is 1. The Morgan fingerprint density at radius 1 is 1.21 bits per heavy atom. The second-order valence-electron chi connectivity index (χ2n) is 8.78. The van der Waals surface area contributed by atoms with Gasteiger partial charge >= 0.3 is 0 Å². The van der Waals surface area contributed by atoms with E-state index in [0.717, 1.165) is 59.0 Å². The average Bonchev–Trinajstić information content (AvgIpc) is 3.39. The standard InChI is InChI=1S/C27H31N5OS/c1-5-20-6-7-21(25-17-28-18-34-25)15-23(20)14-19(2)30-27(33)22-8-11-29-26(16-22)32-12-9-24(10-13-32)31(3)4/h5-8,11,14-18,24H,1,9-10,12-13H2,2-4H3,(H,30,33)/b19-14+. The molecule has 1 aromatic carbocycles. The van der Waals surface area contributed by atoms with Crippen LogP contribution >= 0.6 is 11.3 Å². The average molecular weight is 474 g/mol. The molecule has 1 aliphatic rings. The number of aromatic nitrogens is 2. The zero-order valence-electron chi connectivity index (χ0n) is 20.0. The molecule has 1 amide bonds. The molecule has 3 aromatic rings. The molecule has 0 unspecified atom stereocenters. The van der Waals surface area contributed by atoms with E-state index in [1.807, 2.05) is 42.9 Å². The number of hydrogen-bond donors (Lipinski definition) is 1. The first-order valence-electron chi connectivity index (χ1n) is 11.5. The number of nitrogens with zero attached hydrogens (tertiary/aromatic N) is 4. The number of carbonyl (C=O) groups is 1. The Hall–Kier alpha value is -3.29. The Balaban J connectivity index is 1.47. The third-order valence-electron chi connectivity index (χ3n) is 6.23. The van der Waals surface area contributed by atoms with Crippen LogP contribution in [0.2, 0.25) is 0 Å². The first kappa shape index (κ1) is 23.9. The van der Waals surface area contributed by atoms with Gasteiger partial charge in [-0.2, -0.15) is 0 Å². The van der Waals surface area contributed by atoms with Crippen LogP contribution in [-0.4, -0.2) is 54.0 Å². The van der Waals surface area contributed by atoms with Gasteiger partial charge < -0.3 is 15.1 Å². The molecule has 3 heterocycles. The fraction of sp³-hybridized carbons (Fsp3) is 0.296. The van der Waals surface area contributed by atoms with Crippen LogP contribution in [0.1, 0.15) is 41.3 Å². The molecule has 0 bridgehead atoms. The SMILES string of the molecule is C=Cc1ccc(-c2cncs2)cc1/C=C(\C)NC(=O)c1ccnc(N2CCC(N(C)C)CC2)c1. The van der Waals surface area contributed by atoms with Gasteiger partial charge in [-0.05, 0) is 74.8 Å². The van der Waals surface area contributed by atoms with Crippen LogP contribution in [-0.2, 0) is 0 Å². The molecular weight excluding hydrogens is 442 g/mol. The minimum absolute atomic E-state index is 0.139. The number of hydrogen-bond acceptors (Lipinski definition) is 6. The van der Waals surface area contributed by atoms with Gasteiger partial charge in [-0.3, -0.25) is 9.78 Å². The lowest BCUT2D eigenvalue weighted by atomic mass is 10.0. The minimum Gasteiger partial charge on any atom is -0.356 e. The second-order valence-corrected chi connectivity index (χ2v) is 9.67. The first-order chi connectivity index (χ1) is 16.4. The number of amides is 1. The highest BCUT2D eigenvalue weighted by Gasteiger charge is 2.22. The van der Waals surface area contributed by atoms with Crippen LogP contribution in [0.4, 0.5) is 5.82 Å². The number of rotatable bonds is 7. The van der Waals surface area contributed by atoms with Gasteiger partial charge in [0.05, 0.1) is 10.4 Å². The number of benzene rings is 1. The molecule has 6 nitrogen and oxygen atoms in total. The van der Waals surface area contributed by atoms with Gasteiger partial charge in [0, 0.05) is 42.8 Å². The molecule has 4 rings (SSSR count). The highest BCUT2D eigenvalue weighted by molar-refractivity contribution is 7.13. The Bertz CT molecular complexity index is 1180. The summed E-state index contributed by atoms with van der Waals surface area (Å²) in [5.41, 5.74) is 6.29. The van der Waals surface area contributed by atoms with E-state index in [2.05, 4.69) is 57.9 Å². The van der Waals surface area contributed by atoms with Crippen LogP contribution in [0, 0.1) is 0 Å². The van der Waals surface area contributed by atoms with Crippen molar-refractivity contribution >= 4 is 35.2 Å². The van der Waals surface area contributed by atoms with Crippen molar-refractivity contribution in [3.05, 3.63) is 77.2 Å². The van der Waals surface area contributed by atoms with Crippen molar-refractivity contribution < 1.29 is 4.79 Å². The number of thiazole rings is 1. The Morgan fingerprint density at radius 2 is 2.00 bits per heavy atom. The molecule has 1 aliphatic heterocycles. The molecule has 34 heavy (non-hydrogen) atoms. The molecule has 0 aliphatic carbocycles. The van der Waals surface area contributed by atoms with Crippen LogP contribution in [0.15, 0.2) is 60.5 Å². The quantitative estimate of drug-likeness (QED) is 0.513. The largest absolute Gasteiger partial charge is 0.356 e. The van der Waals surface area contributed by atoms with Crippen molar-refractivity contribution in [1.29, 1.82) is 0 Å². The predicted molar refractivity (Wildman–Crippen MR) is 142 cm³/mol. The predicted octanol–water partition coefficient (Wildman–Crippen LogP) is 5.17. The molecule has 0 radical (unpaired) electrons. The van der Waals surface area contributed by atoms with E-state index in [9.17, 15) is 4.79 Å². The summed E-state index contributed by atoms with van der Waals surface area (Å²) in [5, 5.41) is 3.03. The second kappa shape index (κ2) is 10.8. The van der Waals surface area contributed by atoms with Gasteiger partial charge in [0.15, 0.2) is 0 Å². The van der Waals surface area contributed by atoms with Crippen molar-refractivity contribution in [2.75, 3.05) is 32.1 Å². The lowest BCUT2D eigenvalue weighted by Crippen LogP contribution is -2.42. The maximum Gasteiger partial charge on any atom is 0.255 e. The molecule has 1 saturated heterocycles. The fourth-order valence-electron chi connectivity index (χ4n) is 4.26. The molecule has 0 saturated carbocycles. The van der Waals surface area contributed by atoms with Gasteiger partial charge in [0.2, 0.25) is 0 Å². The van der Waals surface area contributed by atoms with Crippen molar-refractivity contribution in [2.24, 2.45) is 0 Å². The van der Waals surface area contributed by atoms with Crippen molar-refractivity contribution in [3.8, 4) is 10.4 Å². The number of allylic oxidation sites excluding steroid dienone is 1. The van der Waals surface area contributed by atoms with E-state index in [0.29, 0.717) is 11.6 Å². The maximum atomic E-state index is 13.0. The summed E-state index contributed by atoms with van der Waals surface area (Å²) in [4.78, 5) is 27.3. The molecule has 2 aromatic heterocycles. The molecule has 176 valence electrons. The molecule has 1 N–H and O–H groups in total. The van der Waals surface area contributed by atoms with E-state index >= 15 is 0 Å². The van der Waals surface area contributed by atoms with Crippen LogP contribution in [0.5, 0.6) is 0 Å². The summed E-state index contributed by atoms with van der Waals surface area (Å²) in [6.07, 6.45) is 9.58. The van der Waals surface area contributed by atoms with E-state index < -0.39 is 0 Å². The van der Waals surface area contributed by atoms with E-state index in [1.165, 1.54) is 0 Å². The normalized spacial score (nSPS) is 14.9. The Morgan fingerprint density at radius 3 is 2.68 bits per heavy atom. The molecule has 0 spiro atoms. The van der Waals surface area contributed by atoms with Crippen LogP contribution in [0.3, 0.4) is 0 Å². The summed E-state index contributed by atoms with van der Waals surface area (Å²) >= 11 is 1.60. The van der Waals surface area contributed by atoms with Gasteiger partial charge in [0.25, 0.3) is 5.91 Å². The summed E-state index contributed by atoms with van der Waals surface area (Å²) in [6, 6.07) is 10.5. The van der Waals surface area contributed by atoms with Gasteiger partial charge in [-0.1, -0.05) is 24.8 Å². The number of pyridine rings is 1. The maximum absolute atomic E-state index is 13.0. The van der Waals surface area contributed by atoms with Crippen LogP contribution in [0.25, 0.3) is 22.6 Å². The topological polar surface area (TPSA) is 61.4 Å². The van der Waals surface area contributed by atoms with Crippen molar-refractivity contribution in [3.63, 3.8) is 0 Å². The van der Waals surface area contributed by atoms with Crippen molar-refractivity contribution in [2.45, 2.75) is 25.8 Å². The number of nitrogens with one attached hydrogen (secondary N) is 1. The lowest BCUT2D eigenvalue weighted by Gasteiger charge is -2.35. The molecule has 7 heteroatoms. The van der Waals surface area contributed by atoms with Crippen LogP contribution < -0.4 is 10.2 Å². The Kier molecular flexibility index (Phi) is 7.55. The van der Waals surface area contributed by atoms with Crippen molar-refractivity contribution in [1.82, 2.24) is 20.2 Å².